The van der Waals surface area contributed by atoms with Crippen LogP contribution in [0.4, 0.5) is 17.1 Å². The van der Waals surface area contributed by atoms with Crippen LogP contribution in [-0.2, 0) is 5.41 Å². The lowest BCUT2D eigenvalue weighted by atomic mass is 9.70. The SMILES string of the molecule is c1ccc(N(c2ccc(-c3cccc4c5ccccc5c5ccccc5c34)cc2)c2ccc3c(c2)-c2ccccc2C32c3ccccc3-c3ccccc32)cc1. The topological polar surface area (TPSA) is 3.24 Å². The minimum Gasteiger partial charge on any atom is -0.310 e. The maximum Gasteiger partial charge on any atom is 0.0725 e. The van der Waals surface area contributed by atoms with Crippen LogP contribution in [0.25, 0.3) is 65.7 Å². The van der Waals surface area contributed by atoms with Gasteiger partial charge in [-0.3, -0.25) is 0 Å². The highest BCUT2D eigenvalue weighted by atomic mass is 15.1. The lowest BCUT2D eigenvalue weighted by molar-refractivity contribution is 0.794. The minimum absolute atomic E-state index is 0.356. The molecule has 0 saturated heterocycles. The van der Waals surface area contributed by atoms with Gasteiger partial charge < -0.3 is 4.90 Å². The number of hydrogen-bond donors (Lipinski definition) is 0. The van der Waals surface area contributed by atoms with E-state index in [1.165, 1.54) is 88.0 Å². The molecular weight excluding hydrogens is 675 g/mol. The van der Waals surface area contributed by atoms with E-state index in [0.717, 1.165) is 17.1 Å². The van der Waals surface area contributed by atoms with E-state index in [1.807, 2.05) is 0 Å². The van der Waals surface area contributed by atoms with E-state index in [9.17, 15) is 0 Å². The van der Waals surface area contributed by atoms with Gasteiger partial charge in [0.2, 0.25) is 0 Å². The molecule has 0 unspecified atom stereocenters. The quantitative estimate of drug-likeness (QED) is 0.164. The summed E-state index contributed by atoms with van der Waals surface area (Å²) in [6.45, 7) is 0. The maximum atomic E-state index is 2.43. The molecule has 56 heavy (non-hydrogen) atoms. The van der Waals surface area contributed by atoms with Crippen molar-refractivity contribution in [2.24, 2.45) is 0 Å². The number of rotatable bonds is 4. The lowest BCUT2D eigenvalue weighted by Crippen LogP contribution is -2.25. The largest absolute Gasteiger partial charge is 0.310 e. The first-order chi connectivity index (χ1) is 27.8. The van der Waals surface area contributed by atoms with Crippen LogP contribution < -0.4 is 4.90 Å². The minimum atomic E-state index is -0.356. The zero-order chi connectivity index (χ0) is 36.8. The fourth-order valence-electron chi connectivity index (χ4n) is 10.2. The first kappa shape index (κ1) is 31.2. The Balaban J connectivity index is 1.03. The smallest absolute Gasteiger partial charge is 0.0725 e. The summed E-state index contributed by atoms with van der Waals surface area (Å²) in [5.74, 6) is 0. The number of benzene rings is 10. The number of nitrogens with zero attached hydrogens (tertiary/aromatic N) is 1. The summed E-state index contributed by atoms with van der Waals surface area (Å²) in [6.07, 6.45) is 0. The second-order valence-corrected chi connectivity index (χ2v) is 15.2. The second-order valence-electron chi connectivity index (χ2n) is 15.2. The van der Waals surface area contributed by atoms with Crippen LogP contribution in [0, 0.1) is 0 Å². The molecule has 2 aliphatic carbocycles. The van der Waals surface area contributed by atoms with E-state index in [-0.39, 0.29) is 5.41 Å². The zero-order valence-electron chi connectivity index (χ0n) is 30.7. The van der Waals surface area contributed by atoms with E-state index in [4.69, 9.17) is 0 Å². The third-order valence-electron chi connectivity index (χ3n) is 12.5. The Morgan fingerprint density at radius 1 is 0.268 bits per heavy atom. The van der Waals surface area contributed by atoms with Crippen molar-refractivity contribution in [1.29, 1.82) is 0 Å². The normalized spacial score (nSPS) is 13.1. The first-order valence-corrected chi connectivity index (χ1v) is 19.5. The highest BCUT2D eigenvalue weighted by Gasteiger charge is 2.51. The predicted octanol–water partition coefficient (Wildman–Crippen LogP) is 14.6. The fraction of sp³-hybridized carbons (Fsp3) is 0.0182. The molecule has 0 saturated carbocycles. The van der Waals surface area contributed by atoms with Gasteiger partial charge in [0.1, 0.15) is 0 Å². The molecule has 2 aliphatic rings. The molecule has 10 aromatic rings. The summed E-state index contributed by atoms with van der Waals surface area (Å²) in [6, 6.07) is 78.6. The fourth-order valence-corrected chi connectivity index (χ4v) is 10.2. The van der Waals surface area contributed by atoms with Crippen LogP contribution in [0.2, 0.25) is 0 Å². The van der Waals surface area contributed by atoms with Crippen LogP contribution in [0.3, 0.4) is 0 Å². The Labute approximate surface area is 326 Å². The molecule has 0 aromatic heterocycles. The summed E-state index contributed by atoms with van der Waals surface area (Å²) in [7, 11) is 0. The van der Waals surface area contributed by atoms with E-state index in [0.29, 0.717) is 0 Å². The highest BCUT2D eigenvalue weighted by molar-refractivity contribution is 6.28. The van der Waals surface area contributed by atoms with Gasteiger partial charge >= 0.3 is 0 Å². The standard InChI is InChI=1S/C55H35N/c1-2-15-37(16-3-1)56(38-31-29-36(30-32-38)40-24-14-25-48-43-18-5-4-17-41(43)42-19-6-7-23-47(42)54(40)48)39-33-34-53-49(35-39)46-22-10-13-28-52(46)55(53)50-26-11-8-20-44(50)45-21-9-12-27-51(45)55/h1-35H. The third-order valence-corrected chi connectivity index (χ3v) is 12.5. The van der Waals surface area contributed by atoms with E-state index in [1.54, 1.807) is 0 Å². The van der Waals surface area contributed by atoms with Crippen LogP contribution in [0.5, 0.6) is 0 Å². The average Bonchev–Trinajstić information content (AvgIpc) is 3.74. The molecule has 260 valence electrons. The third kappa shape index (κ3) is 4.20. The lowest BCUT2D eigenvalue weighted by Gasteiger charge is -2.31. The molecule has 1 nitrogen and oxygen atoms in total. The van der Waals surface area contributed by atoms with Gasteiger partial charge in [-0.15, -0.1) is 0 Å². The van der Waals surface area contributed by atoms with Gasteiger partial charge in [0.15, 0.2) is 0 Å². The number of para-hydroxylation sites is 1. The van der Waals surface area contributed by atoms with Crippen molar-refractivity contribution >= 4 is 49.4 Å². The van der Waals surface area contributed by atoms with E-state index < -0.39 is 0 Å². The molecule has 1 heteroatoms. The van der Waals surface area contributed by atoms with Crippen molar-refractivity contribution in [2.75, 3.05) is 4.90 Å². The Morgan fingerprint density at radius 2 is 0.679 bits per heavy atom. The molecule has 0 radical (unpaired) electrons. The van der Waals surface area contributed by atoms with Crippen LogP contribution >= 0.6 is 0 Å². The highest BCUT2D eigenvalue weighted by Crippen LogP contribution is 2.63. The van der Waals surface area contributed by atoms with Crippen LogP contribution in [0.1, 0.15) is 22.3 Å². The molecule has 0 fully saturated rings. The van der Waals surface area contributed by atoms with Gasteiger partial charge in [-0.1, -0.05) is 176 Å². The van der Waals surface area contributed by atoms with Gasteiger partial charge in [-0.05, 0) is 124 Å². The molecule has 0 aliphatic heterocycles. The predicted molar refractivity (Wildman–Crippen MR) is 235 cm³/mol. The zero-order valence-corrected chi connectivity index (χ0v) is 30.7. The number of fused-ring (bicyclic) bond motifs is 16. The summed E-state index contributed by atoms with van der Waals surface area (Å²) >= 11 is 0. The summed E-state index contributed by atoms with van der Waals surface area (Å²) in [4.78, 5) is 2.40. The van der Waals surface area contributed by atoms with Gasteiger partial charge in [0.25, 0.3) is 0 Å². The molecule has 0 atom stereocenters. The molecule has 0 amide bonds. The molecular formula is C55H35N. The summed E-state index contributed by atoms with van der Waals surface area (Å²) in [5, 5.41) is 7.76. The molecule has 0 bridgehead atoms. The van der Waals surface area contributed by atoms with Gasteiger partial charge in [-0.2, -0.15) is 0 Å². The van der Waals surface area contributed by atoms with Crippen molar-refractivity contribution < 1.29 is 0 Å². The first-order valence-electron chi connectivity index (χ1n) is 19.5. The molecule has 0 heterocycles. The van der Waals surface area contributed by atoms with E-state index in [2.05, 4.69) is 217 Å². The van der Waals surface area contributed by atoms with Crippen LogP contribution in [0.15, 0.2) is 212 Å². The Morgan fingerprint density at radius 3 is 1.29 bits per heavy atom. The summed E-state index contributed by atoms with van der Waals surface area (Å²) < 4.78 is 0. The van der Waals surface area contributed by atoms with Crippen molar-refractivity contribution in [1.82, 2.24) is 0 Å². The monoisotopic (exact) mass is 709 g/mol. The van der Waals surface area contributed by atoms with Crippen molar-refractivity contribution in [2.45, 2.75) is 5.41 Å². The molecule has 10 aromatic carbocycles. The van der Waals surface area contributed by atoms with Crippen molar-refractivity contribution in [3.8, 4) is 33.4 Å². The maximum absolute atomic E-state index is 2.43. The molecule has 12 rings (SSSR count). The Hall–Kier alpha value is -7.22. The summed E-state index contributed by atoms with van der Waals surface area (Å²) in [5.41, 5.74) is 16.2. The molecule has 0 N–H and O–H groups in total. The Kier molecular flexibility index (Phi) is 6.62. The van der Waals surface area contributed by atoms with Gasteiger partial charge in [-0.25, -0.2) is 0 Å². The van der Waals surface area contributed by atoms with E-state index >= 15 is 0 Å². The van der Waals surface area contributed by atoms with Crippen LogP contribution in [-0.4, -0.2) is 0 Å². The Bertz CT molecular complexity index is 3100. The number of hydrogen-bond acceptors (Lipinski definition) is 1. The van der Waals surface area contributed by atoms with Crippen molar-refractivity contribution in [3.05, 3.63) is 235 Å². The van der Waals surface area contributed by atoms with Crippen molar-refractivity contribution in [3.63, 3.8) is 0 Å². The van der Waals surface area contributed by atoms with Gasteiger partial charge in [0.05, 0.1) is 5.41 Å². The number of anilines is 3. The second kappa shape index (κ2) is 11.9. The average molecular weight is 710 g/mol. The molecule has 1 spiro atoms. The van der Waals surface area contributed by atoms with Gasteiger partial charge in [0, 0.05) is 17.1 Å².